The number of hydrogen-bond acceptors (Lipinski definition) is 5. The molecule has 0 radical (unpaired) electrons. The molecular formula is C18H19ClN4O3. The fourth-order valence-corrected chi connectivity index (χ4v) is 2.07. The Balaban J connectivity index is 1.75. The summed E-state index contributed by atoms with van der Waals surface area (Å²) in [5.74, 6) is 0.301. The van der Waals surface area contributed by atoms with Crippen LogP contribution in [0.1, 0.15) is 19.0 Å². The molecule has 2 aromatic rings. The molecule has 136 valence electrons. The minimum atomic E-state index is -0.431. The van der Waals surface area contributed by atoms with Gasteiger partial charge in [0.05, 0.1) is 6.42 Å². The van der Waals surface area contributed by atoms with Gasteiger partial charge in [-0.1, -0.05) is 17.7 Å². The highest BCUT2D eigenvalue weighted by molar-refractivity contribution is 6.30. The molecule has 0 saturated heterocycles. The van der Waals surface area contributed by atoms with Crippen LogP contribution in [-0.2, 0) is 9.59 Å². The van der Waals surface area contributed by atoms with Gasteiger partial charge in [0.25, 0.3) is 5.91 Å². The lowest BCUT2D eigenvalue weighted by atomic mass is 10.3. The van der Waals surface area contributed by atoms with E-state index in [4.69, 9.17) is 16.3 Å². The van der Waals surface area contributed by atoms with Crippen molar-refractivity contribution in [2.45, 2.75) is 20.3 Å². The number of aromatic nitrogens is 1. The molecule has 2 rings (SSSR count). The standard InChI is InChI=1S/C18H19ClN4O3/c1-12-4-3-5-16(20-12)21-17(24)10-13(2)22-23-18(25)11-26-15-8-6-14(19)7-9-15/h3-9H,10-11H2,1-2H3,(H,23,25)(H,20,21,24)/b22-13+. The maximum absolute atomic E-state index is 11.9. The van der Waals surface area contributed by atoms with Gasteiger partial charge in [-0.2, -0.15) is 5.10 Å². The summed E-state index contributed by atoms with van der Waals surface area (Å²) in [6.07, 6.45) is 0.0357. The van der Waals surface area contributed by atoms with Crippen LogP contribution in [0.2, 0.25) is 5.02 Å². The molecule has 0 fully saturated rings. The van der Waals surface area contributed by atoms with E-state index in [2.05, 4.69) is 20.8 Å². The SMILES string of the molecule is C/C(CC(=O)Nc1cccc(C)n1)=N\NC(=O)COc1ccc(Cl)cc1. The molecule has 7 nitrogen and oxygen atoms in total. The second-order valence-corrected chi connectivity index (χ2v) is 5.95. The van der Waals surface area contributed by atoms with Crippen LogP contribution < -0.4 is 15.5 Å². The first-order valence-electron chi connectivity index (χ1n) is 7.86. The summed E-state index contributed by atoms with van der Waals surface area (Å²) in [5, 5.41) is 7.14. The highest BCUT2D eigenvalue weighted by atomic mass is 35.5. The van der Waals surface area contributed by atoms with Gasteiger partial charge >= 0.3 is 0 Å². The number of amides is 2. The number of nitrogens with one attached hydrogen (secondary N) is 2. The topological polar surface area (TPSA) is 92.7 Å². The van der Waals surface area contributed by atoms with Crippen molar-refractivity contribution in [1.82, 2.24) is 10.4 Å². The maximum Gasteiger partial charge on any atom is 0.277 e. The number of ether oxygens (including phenoxy) is 1. The van der Waals surface area contributed by atoms with E-state index in [-0.39, 0.29) is 18.9 Å². The Morgan fingerprint density at radius 2 is 1.88 bits per heavy atom. The Bertz CT molecular complexity index is 806. The Labute approximate surface area is 156 Å². The maximum atomic E-state index is 11.9. The van der Waals surface area contributed by atoms with E-state index < -0.39 is 5.91 Å². The predicted molar refractivity (Wildman–Crippen MR) is 100 cm³/mol. The van der Waals surface area contributed by atoms with E-state index >= 15 is 0 Å². The summed E-state index contributed by atoms with van der Waals surface area (Å²) < 4.78 is 5.30. The van der Waals surface area contributed by atoms with Crippen molar-refractivity contribution in [2.24, 2.45) is 5.10 Å². The Morgan fingerprint density at radius 3 is 2.58 bits per heavy atom. The van der Waals surface area contributed by atoms with Crippen LogP contribution in [0.3, 0.4) is 0 Å². The lowest BCUT2D eigenvalue weighted by Gasteiger charge is -2.06. The summed E-state index contributed by atoms with van der Waals surface area (Å²) in [6.45, 7) is 3.28. The molecule has 2 amide bonds. The first-order valence-corrected chi connectivity index (χ1v) is 8.24. The molecule has 2 N–H and O–H groups in total. The second kappa shape index (κ2) is 9.53. The van der Waals surface area contributed by atoms with Crippen molar-refractivity contribution in [2.75, 3.05) is 11.9 Å². The van der Waals surface area contributed by atoms with Crippen LogP contribution in [0.15, 0.2) is 47.6 Å². The van der Waals surface area contributed by atoms with Crippen molar-refractivity contribution < 1.29 is 14.3 Å². The van der Waals surface area contributed by atoms with Crippen LogP contribution >= 0.6 is 11.6 Å². The van der Waals surface area contributed by atoms with Crippen molar-refractivity contribution in [3.8, 4) is 5.75 Å². The number of hydrogen-bond donors (Lipinski definition) is 2. The smallest absolute Gasteiger partial charge is 0.277 e. The Morgan fingerprint density at radius 1 is 1.15 bits per heavy atom. The van der Waals surface area contributed by atoms with Gasteiger partial charge in [-0.25, -0.2) is 10.4 Å². The summed E-state index contributed by atoms with van der Waals surface area (Å²) in [4.78, 5) is 27.8. The highest BCUT2D eigenvalue weighted by Crippen LogP contribution is 2.15. The third-order valence-corrected chi connectivity index (χ3v) is 3.38. The number of carbonyl (C=O) groups is 2. The van der Waals surface area contributed by atoms with E-state index in [1.54, 1.807) is 43.3 Å². The molecule has 0 saturated carbocycles. The van der Waals surface area contributed by atoms with Gasteiger partial charge in [-0.3, -0.25) is 9.59 Å². The molecule has 1 aromatic heterocycles. The van der Waals surface area contributed by atoms with Gasteiger partial charge in [0.2, 0.25) is 5.91 Å². The fourth-order valence-electron chi connectivity index (χ4n) is 1.94. The van der Waals surface area contributed by atoms with Crippen molar-refractivity contribution in [3.63, 3.8) is 0 Å². The number of nitrogens with zero attached hydrogens (tertiary/aromatic N) is 2. The predicted octanol–water partition coefficient (Wildman–Crippen LogP) is 2.94. The molecule has 1 aromatic carbocycles. The third kappa shape index (κ3) is 6.90. The fraction of sp³-hybridized carbons (Fsp3) is 0.222. The number of rotatable bonds is 7. The molecule has 0 bridgehead atoms. The first kappa shape index (κ1) is 19.4. The van der Waals surface area contributed by atoms with Gasteiger partial charge in [-0.15, -0.1) is 0 Å². The number of carbonyl (C=O) groups excluding carboxylic acids is 2. The normalized spacial score (nSPS) is 11.0. The number of aryl methyl sites for hydroxylation is 1. The quantitative estimate of drug-likeness (QED) is 0.575. The van der Waals surface area contributed by atoms with Crippen molar-refractivity contribution in [3.05, 3.63) is 53.2 Å². The molecule has 0 unspecified atom stereocenters. The molecule has 0 atom stereocenters. The van der Waals surface area contributed by atoms with E-state index in [9.17, 15) is 9.59 Å². The van der Waals surface area contributed by atoms with Crippen LogP contribution in [0.4, 0.5) is 5.82 Å². The van der Waals surface area contributed by atoms with Gasteiger partial charge < -0.3 is 10.1 Å². The molecule has 0 aliphatic rings. The Hall–Kier alpha value is -2.93. The van der Waals surface area contributed by atoms with Crippen LogP contribution in [0.25, 0.3) is 0 Å². The number of halogens is 1. The zero-order chi connectivity index (χ0) is 18.9. The Kier molecular flexibility index (Phi) is 7.11. The molecule has 26 heavy (non-hydrogen) atoms. The summed E-state index contributed by atoms with van der Waals surface area (Å²) in [6, 6.07) is 12.0. The van der Waals surface area contributed by atoms with Crippen molar-refractivity contribution >= 4 is 34.9 Å². The molecule has 1 heterocycles. The van der Waals surface area contributed by atoms with Gasteiger partial charge in [0.15, 0.2) is 6.61 Å². The van der Waals surface area contributed by atoms with Crippen molar-refractivity contribution in [1.29, 1.82) is 0 Å². The number of hydrazone groups is 1. The lowest BCUT2D eigenvalue weighted by molar-refractivity contribution is -0.123. The first-order chi connectivity index (χ1) is 12.4. The second-order valence-electron chi connectivity index (χ2n) is 5.51. The molecule has 0 aliphatic carbocycles. The van der Waals surface area contributed by atoms with Crippen LogP contribution in [0.5, 0.6) is 5.75 Å². The number of benzene rings is 1. The largest absolute Gasteiger partial charge is 0.484 e. The van der Waals surface area contributed by atoms with Crippen LogP contribution in [-0.4, -0.2) is 29.1 Å². The minimum absolute atomic E-state index is 0.0357. The van der Waals surface area contributed by atoms with E-state index in [1.807, 2.05) is 13.0 Å². The highest BCUT2D eigenvalue weighted by Gasteiger charge is 2.07. The average Bonchev–Trinajstić information content (AvgIpc) is 2.59. The van der Waals surface area contributed by atoms with E-state index in [0.29, 0.717) is 22.3 Å². The summed E-state index contributed by atoms with van der Waals surface area (Å²) >= 11 is 5.77. The number of pyridine rings is 1. The summed E-state index contributed by atoms with van der Waals surface area (Å²) in [7, 11) is 0. The van der Waals surface area contributed by atoms with Gasteiger partial charge in [0, 0.05) is 16.4 Å². The van der Waals surface area contributed by atoms with E-state index in [0.717, 1.165) is 5.69 Å². The minimum Gasteiger partial charge on any atom is -0.484 e. The molecule has 0 aliphatic heterocycles. The monoisotopic (exact) mass is 374 g/mol. The lowest BCUT2D eigenvalue weighted by Crippen LogP contribution is -2.26. The zero-order valence-electron chi connectivity index (χ0n) is 14.5. The molecule has 0 spiro atoms. The number of anilines is 1. The van der Waals surface area contributed by atoms with Gasteiger partial charge in [-0.05, 0) is 50.2 Å². The molecular weight excluding hydrogens is 356 g/mol. The molecule has 8 heteroatoms. The third-order valence-electron chi connectivity index (χ3n) is 3.13. The summed E-state index contributed by atoms with van der Waals surface area (Å²) in [5.41, 5.74) is 3.61. The van der Waals surface area contributed by atoms with Gasteiger partial charge in [0.1, 0.15) is 11.6 Å². The average molecular weight is 375 g/mol. The zero-order valence-corrected chi connectivity index (χ0v) is 15.2. The van der Waals surface area contributed by atoms with E-state index in [1.165, 1.54) is 0 Å². The van der Waals surface area contributed by atoms with Crippen LogP contribution in [0, 0.1) is 6.92 Å².